The lowest BCUT2D eigenvalue weighted by atomic mass is 10.2. The third kappa shape index (κ3) is 2.71. The lowest BCUT2D eigenvalue weighted by molar-refractivity contribution is 0.340. The highest BCUT2D eigenvalue weighted by atomic mass is 35.5. The summed E-state index contributed by atoms with van der Waals surface area (Å²) in [5.74, 6) is 1.93. The molecule has 0 radical (unpaired) electrons. The van der Waals surface area contributed by atoms with Crippen molar-refractivity contribution in [2.75, 3.05) is 6.61 Å². The molecule has 2 aromatic carbocycles. The maximum Gasteiger partial charge on any atom is 0.129 e. The van der Waals surface area contributed by atoms with Gasteiger partial charge in [-0.05, 0) is 37.3 Å². The van der Waals surface area contributed by atoms with E-state index in [2.05, 4.69) is 4.98 Å². The second-order valence-corrected chi connectivity index (χ2v) is 5.26. The largest absolute Gasteiger partial charge is 0.494 e. The van der Waals surface area contributed by atoms with Gasteiger partial charge in [-0.3, -0.25) is 4.57 Å². The Morgan fingerprint density at radius 1 is 1.19 bits per heavy atom. The van der Waals surface area contributed by atoms with Crippen LogP contribution in [0.3, 0.4) is 0 Å². The molecular weight excluding hydrogens is 307 g/mol. The maximum atomic E-state index is 6.05. The number of alkyl halides is 1. The first kappa shape index (κ1) is 14.2. The SMILES string of the molecule is CCOc1cccc(-n2c(CCl)nc3cc(Cl)ccc32)c1. The van der Waals surface area contributed by atoms with Gasteiger partial charge < -0.3 is 4.74 Å². The third-order valence-electron chi connectivity index (χ3n) is 3.19. The van der Waals surface area contributed by atoms with E-state index in [1.165, 1.54) is 0 Å². The number of hydrogen-bond donors (Lipinski definition) is 0. The molecule has 0 N–H and O–H groups in total. The van der Waals surface area contributed by atoms with Gasteiger partial charge in [-0.2, -0.15) is 0 Å². The van der Waals surface area contributed by atoms with Crippen LogP contribution in [0.15, 0.2) is 42.5 Å². The van der Waals surface area contributed by atoms with Gasteiger partial charge in [-0.25, -0.2) is 4.98 Å². The van der Waals surface area contributed by atoms with Crippen molar-refractivity contribution in [2.24, 2.45) is 0 Å². The quantitative estimate of drug-likeness (QED) is 0.644. The Labute approximate surface area is 133 Å². The summed E-state index contributed by atoms with van der Waals surface area (Å²) in [6, 6.07) is 13.5. The second-order valence-electron chi connectivity index (χ2n) is 4.56. The van der Waals surface area contributed by atoms with E-state index < -0.39 is 0 Å². The van der Waals surface area contributed by atoms with Crippen molar-refractivity contribution < 1.29 is 4.74 Å². The molecule has 1 aromatic heterocycles. The average Bonchev–Trinajstić information content (AvgIpc) is 2.85. The van der Waals surface area contributed by atoms with E-state index in [0.717, 1.165) is 28.3 Å². The molecule has 0 spiro atoms. The molecule has 0 bridgehead atoms. The predicted octanol–water partition coefficient (Wildman–Crippen LogP) is 4.82. The topological polar surface area (TPSA) is 27.1 Å². The summed E-state index contributed by atoms with van der Waals surface area (Å²) < 4.78 is 7.59. The highest BCUT2D eigenvalue weighted by molar-refractivity contribution is 6.31. The summed E-state index contributed by atoms with van der Waals surface area (Å²) in [6.07, 6.45) is 0. The highest BCUT2D eigenvalue weighted by Gasteiger charge is 2.12. The van der Waals surface area contributed by atoms with Gasteiger partial charge >= 0.3 is 0 Å². The number of aromatic nitrogens is 2. The van der Waals surface area contributed by atoms with E-state index in [1.807, 2.05) is 54.0 Å². The van der Waals surface area contributed by atoms with Gasteiger partial charge in [0.2, 0.25) is 0 Å². The van der Waals surface area contributed by atoms with Gasteiger partial charge in [-0.1, -0.05) is 17.7 Å². The summed E-state index contributed by atoms with van der Waals surface area (Å²) >= 11 is 12.1. The van der Waals surface area contributed by atoms with E-state index in [9.17, 15) is 0 Å². The van der Waals surface area contributed by atoms with Gasteiger partial charge in [0, 0.05) is 11.1 Å². The summed E-state index contributed by atoms with van der Waals surface area (Å²) in [6.45, 7) is 2.59. The van der Waals surface area contributed by atoms with Crippen molar-refractivity contribution in [3.63, 3.8) is 0 Å². The molecule has 0 aliphatic rings. The van der Waals surface area contributed by atoms with Crippen LogP contribution >= 0.6 is 23.2 Å². The van der Waals surface area contributed by atoms with Crippen molar-refractivity contribution in [3.05, 3.63) is 53.3 Å². The normalized spacial score (nSPS) is 11.0. The van der Waals surface area contributed by atoms with Gasteiger partial charge in [0.15, 0.2) is 0 Å². The van der Waals surface area contributed by atoms with E-state index >= 15 is 0 Å². The molecule has 0 saturated carbocycles. The van der Waals surface area contributed by atoms with Crippen LogP contribution in [-0.2, 0) is 5.88 Å². The van der Waals surface area contributed by atoms with Crippen molar-refractivity contribution >= 4 is 34.2 Å². The number of rotatable bonds is 4. The molecule has 3 rings (SSSR count). The smallest absolute Gasteiger partial charge is 0.129 e. The molecule has 5 heteroatoms. The molecule has 0 atom stereocenters. The number of fused-ring (bicyclic) bond motifs is 1. The lowest BCUT2D eigenvalue weighted by Gasteiger charge is -2.10. The number of ether oxygens (including phenoxy) is 1. The van der Waals surface area contributed by atoms with Crippen LogP contribution in [0.25, 0.3) is 16.7 Å². The van der Waals surface area contributed by atoms with E-state index in [-0.39, 0.29) is 0 Å². The van der Waals surface area contributed by atoms with Crippen LogP contribution in [0.1, 0.15) is 12.7 Å². The Morgan fingerprint density at radius 2 is 2.05 bits per heavy atom. The van der Waals surface area contributed by atoms with E-state index in [4.69, 9.17) is 27.9 Å². The number of benzene rings is 2. The molecule has 3 aromatic rings. The van der Waals surface area contributed by atoms with Crippen molar-refractivity contribution in [2.45, 2.75) is 12.8 Å². The third-order valence-corrected chi connectivity index (χ3v) is 3.67. The molecule has 108 valence electrons. The first-order valence-corrected chi connectivity index (χ1v) is 7.60. The molecule has 21 heavy (non-hydrogen) atoms. The molecule has 0 amide bonds. The minimum atomic E-state index is 0.325. The highest BCUT2D eigenvalue weighted by Crippen LogP contribution is 2.27. The number of imidazole rings is 1. The molecule has 1 heterocycles. The van der Waals surface area contributed by atoms with Crippen LogP contribution in [0, 0.1) is 0 Å². The Bertz CT molecular complexity index is 783. The summed E-state index contributed by atoms with van der Waals surface area (Å²) in [5.41, 5.74) is 2.78. The molecule has 0 unspecified atom stereocenters. The van der Waals surface area contributed by atoms with Crippen LogP contribution < -0.4 is 4.74 Å². The minimum absolute atomic E-state index is 0.325. The average molecular weight is 321 g/mol. The Balaban J connectivity index is 2.20. The van der Waals surface area contributed by atoms with Crippen molar-refractivity contribution in [1.82, 2.24) is 9.55 Å². The second kappa shape index (κ2) is 5.96. The molecule has 0 saturated heterocycles. The molecular formula is C16H14Cl2N2O. The first-order valence-electron chi connectivity index (χ1n) is 6.69. The summed E-state index contributed by atoms with van der Waals surface area (Å²) in [5, 5.41) is 0.663. The fraction of sp³-hybridized carbons (Fsp3) is 0.188. The van der Waals surface area contributed by atoms with E-state index in [1.54, 1.807) is 0 Å². The molecule has 3 nitrogen and oxygen atoms in total. The Hall–Kier alpha value is -1.71. The van der Waals surface area contributed by atoms with Crippen molar-refractivity contribution in [3.8, 4) is 11.4 Å². The summed E-state index contributed by atoms with van der Waals surface area (Å²) in [4.78, 5) is 4.55. The molecule has 0 aliphatic heterocycles. The maximum absolute atomic E-state index is 6.05. The number of nitrogens with zero attached hydrogens (tertiary/aromatic N) is 2. The standard InChI is InChI=1S/C16H14Cl2N2O/c1-2-21-13-5-3-4-12(9-13)20-15-7-6-11(18)8-14(15)19-16(20)10-17/h3-9H,2,10H2,1H3. The molecule has 0 fully saturated rings. The zero-order valence-corrected chi connectivity index (χ0v) is 13.0. The lowest BCUT2D eigenvalue weighted by Crippen LogP contribution is -2.00. The van der Waals surface area contributed by atoms with Gasteiger partial charge in [0.1, 0.15) is 11.6 Å². The van der Waals surface area contributed by atoms with Crippen LogP contribution in [0.5, 0.6) is 5.75 Å². The van der Waals surface area contributed by atoms with Gasteiger partial charge in [0.25, 0.3) is 0 Å². The van der Waals surface area contributed by atoms with E-state index in [0.29, 0.717) is 17.5 Å². The van der Waals surface area contributed by atoms with Gasteiger partial charge in [-0.15, -0.1) is 11.6 Å². The molecule has 0 aliphatic carbocycles. The van der Waals surface area contributed by atoms with Crippen molar-refractivity contribution in [1.29, 1.82) is 0 Å². The van der Waals surface area contributed by atoms with Gasteiger partial charge in [0.05, 0.1) is 29.2 Å². The summed E-state index contributed by atoms with van der Waals surface area (Å²) in [7, 11) is 0. The predicted molar refractivity (Wildman–Crippen MR) is 86.8 cm³/mol. The number of hydrogen-bond acceptors (Lipinski definition) is 2. The Kier molecular flexibility index (Phi) is 4.04. The fourth-order valence-corrected chi connectivity index (χ4v) is 2.71. The van der Waals surface area contributed by atoms with Crippen LogP contribution in [-0.4, -0.2) is 16.2 Å². The zero-order valence-electron chi connectivity index (χ0n) is 11.5. The fourth-order valence-electron chi connectivity index (χ4n) is 2.36. The monoisotopic (exact) mass is 320 g/mol. The van der Waals surface area contributed by atoms with Crippen LogP contribution in [0.2, 0.25) is 5.02 Å². The number of halogens is 2. The zero-order chi connectivity index (χ0) is 14.8. The Morgan fingerprint density at radius 3 is 2.81 bits per heavy atom. The minimum Gasteiger partial charge on any atom is -0.494 e. The van der Waals surface area contributed by atoms with Crippen LogP contribution in [0.4, 0.5) is 0 Å². The first-order chi connectivity index (χ1) is 10.2.